The maximum absolute atomic E-state index is 4.19. The van der Waals surface area contributed by atoms with Crippen LogP contribution in [0.25, 0.3) is 0 Å². The minimum absolute atomic E-state index is 0. The Bertz CT molecular complexity index is 740. The van der Waals surface area contributed by atoms with Crippen molar-refractivity contribution in [2.75, 3.05) is 0 Å². The molecule has 0 aromatic heterocycles. The van der Waals surface area contributed by atoms with Crippen molar-refractivity contribution in [1.29, 1.82) is 0 Å². The van der Waals surface area contributed by atoms with Gasteiger partial charge in [-0.25, -0.2) is 0 Å². The van der Waals surface area contributed by atoms with Crippen molar-refractivity contribution in [2.24, 2.45) is 5.41 Å². The first kappa shape index (κ1) is 23.0. The fourth-order valence-electron chi connectivity index (χ4n) is 5.08. The van der Waals surface area contributed by atoms with Gasteiger partial charge in [0, 0.05) is 0 Å². The third-order valence-corrected chi connectivity index (χ3v) is 20.6. The topological polar surface area (TPSA) is 0 Å². The summed E-state index contributed by atoms with van der Waals surface area (Å²) in [6, 6.07) is 0. The zero-order valence-corrected chi connectivity index (χ0v) is 19.1. The van der Waals surface area contributed by atoms with Crippen LogP contribution in [-0.2, 0) is 20.3 Å². The van der Waals surface area contributed by atoms with Gasteiger partial charge in [-0.2, -0.15) is 0 Å². The van der Waals surface area contributed by atoms with E-state index in [2.05, 4.69) is 83.7 Å². The molecule has 0 fully saturated rings. The van der Waals surface area contributed by atoms with Crippen LogP contribution < -0.4 is 0 Å². The van der Waals surface area contributed by atoms with Crippen LogP contribution in [0, 0.1) is 5.41 Å². The second kappa shape index (κ2) is 8.30. The van der Waals surface area contributed by atoms with Crippen molar-refractivity contribution in [3.05, 3.63) is 75.7 Å². The smallest absolute Gasteiger partial charge is 0.269 e. The van der Waals surface area contributed by atoms with Gasteiger partial charge >= 0.3 is 153 Å². The summed E-state index contributed by atoms with van der Waals surface area (Å²) in [7, 11) is 0. The van der Waals surface area contributed by atoms with E-state index in [1.165, 1.54) is 9.70 Å². The fraction of sp³-hybridized carbons (Fsp3) is 0.391. The summed E-state index contributed by atoms with van der Waals surface area (Å²) in [6.07, 6.45) is 18.6. The normalized spacial score (nSPS) is 20.8. The molecule has 3 aliphatic carbocycles. The molecule has 0 amide bonds. The molecule has 3 rings (SSSR count). The predicted molar refractivity (Wildman–Crippen MR) is 109 cm³/mol. The van der Waals surface area contributed by atoms with Crippen molar-refractivity contribution in [1.82, 2.24) is 0 Å². The largest absolute Gasteiger partial charge is 0.269 e. The van der Waals surface area contributed by atoms with Crippen LogP contribution in [0.4, 0.5) is 9.41 Å². The van der Waals surface area contributed by atoms with Gasteiger partial charge in [-0.15, -0.1) is 0 Å². The first-order valence-corrected chi connectivity index (χ1v) is 14.5. The summed E-state index contributed by atoms with van der Waals surface area (Å²) in [5.74, 6) is 0. The van der Waals surface area contributed by atoms with Gasteiger partial charge in [0.15, 0.2) is 0 Å². The molecule has 0 heterocycles. The number of allylic oxidation sites excluding steroid dienone is 13. The predicted octanol–water partition coefficient (Wildman–Crippen LogP) is 7.39. The van der Waals surface area contributed by atoms with E-state index in [-0.39, 0.29) is 14.8 Å². The Morgan fingerprint density at radius 1 is 0.962 bits per heavy atom. The monoisotopic (exact) mass is 436 g/mol. The Labute approximate surface area is 162 Å². The molecule has 0 aromatic carbocycles. The van der Waals surface area contributed by atoms with Gasteiger partial charge in [-0.3, -0.25) is 9.41 Å². The van der Waals surface area contributed by atoms with Gasteiger partial charge in [-0.05, 0) is 0 Å². The molecule has 3 aliphatic rings. The van der Waals surface area contributed by atoms with Crippen molar-refractivity contribution in [3.8, 4) is 0 Å². The molecular weight excluding hydrogens is 405 g/mol. The second-order valence-corrected chi connectivity index (χ2v) is 17.8. The van der Waals surface area contributed by atoms with Crippen LogP contribution in [0.1, 0.15) is 47.5 Å². The molecule has 0 saturated carbocycles. The molecule has 0 spiro atoms. The van der Waals surface area contributed by atoms with Crippen LogP contribution in [0.15, 0.2) is 75.7 Å². The van der Waals surface area contributed by atoms with Crippen molar-refractivity contribution in [2.45, 2.75) is 51.6 Å². The molecule has 3 heteroatoms. The molecule has 0 saturated heterocycles. The van der Waals surface area contributed by atoms with E-state index in [9.17, 15) is 0 Å². The number of hydrogen-bond donors (Lipinski definition) is 0. The van der Waals surface area contributed by atoms with E-state index in [1.54, 1.807) is 21.0 Å². The average Bonchev–Trinajstić information content (AvgIpc) is 3.27. The van der Waals surface area contributed by atoms with Crippen molar-refractivity contribution >= 4 is 0 Å². The zero-order chi connectivity index (χ0) is 17.5. The molecule has 0 radical (unpaired) electrons. The Hall–Kier alpha value is -1.08. The van der Waals surface area contributed by atoms with Crippen molar-refractivity contribution < 1.29 is 29.7 Å². The molecule has 0 bridgehead atoms. The Balaban J connectivity index is 0.00000169. The molecule has 0 aliphatic heterocycles. The maximum atomic E-state index is 4.19. The average molecular weight is 438 g/mol. The van der Waals surface area contributed by atoms with Crippen molar-refractivity contribution in [3.63, 3.8) is 0 Å². The molecule has 26 heavy (non-hydrogen) atoms. The van der Waals surface area contributed by atoms with Crippen LogP contribution in [0.5, 0.6) is 0 Å². The van der Waals surface area contributed by atoms with Gasteiger partial charge in [0.2, 0.25) is 0 Å². The van der Waals surface area contributed by atoms with Gasteiger partial charge in [0.25, 0.3) is 0 Å². The molecule has 0 aromatic rings. The molecule has 0 unspecified atom stereocenters. The summed E-state index contributed by atoms with van der Waals surface area (Å²) in [4.78, 5) is 0. The van der Waals surface area contributed by atoms with Crippen LogP contribution in [0.3, 0.4) is 0 Å². The van der Waals surface area contributed by atoms with Gasteiger partial charge in [0.1, 0.15) is 0 Å². The number of hydrogen-bond acceptors (Lipinski definition) is 0. The fourth-order valence-corrected chi connectivity index (χ4v) is 19.8. The van der Waals surface area contributed by atoms with Gasteiger partial charge < -0.3 is 0 Å². The van der Waals surface area contributed by atoms with E-state index in [4.69, 9.17) is 0 Å². The second-order valence-electron chi connectivity index (χ2n) is 7.92. The third-order valence-electron chi connectivity index (χ3n) is 6.58. The Morgan fingerprint density at radius 3 is 1.77 bits per heavy atom. The molecule has 0 N–H and O–H groups in total. The third kappa shape index (κ3) is 3.17. The van der Waals surface area contributed by atoms with Crippen LogP contribution >= 0.6 is 0 Å². The molecule has 0 atom stereocenters. The summed E-state index contributed by atoms with van der Waals surface area (Å²) >= 11 is -2.95. The van der Waals surface area contributed by atoms with Gasteiger partial charge in [0.05, 0.1) is 0 Å². The van der Waals surface area contributed by atoms with E-state index in [1.807, 2.05) is 0 Å². The SMILES string of the molecule is C=C[CH2][Zr]([C]1=CC=CC1)([C]1=CC=CC1)[C]1=C(C)C(C)=C(C)C1(C)C.F.F. The van der Waals surface area contributed by atoms with E-state index in [0.717, 1.165) is 12.8 Å². The minimum Gasteiger partial charge on any atom is -0.269 e. The molecular formula is C23H32F2Zr. The first-order chi connectivity index (χ1) is 11.4. The van der Waals surface area contributed by atoms with Crippen LogP contribution in [0.2, 0.25) is 4.13 Å². The van der Waals surface area contributed by atoms with E-state index in [0.29, 0.717) is 0 Å². The summed E-state index contributed by atoms with van der Waals surface area (Å²) in [5, 5.41) is 0. The maximum Gasteiger partial charge on any atom is -0.269 e. The molecule has 0 nitrogen and oxygen atoms in total. The Morgan fingerprint density at radius 2 is 1.46 bits per heavy atom. The first-order valence-electron chi connectivity index (χ1n) is 9.10. The molecule has 142 valence electrons. The quantitative estimate of drug-likeness (QED) is 0.393. The summed E-state index contributed by atoms with van der Waals surface area (Å²) in [6.45, 7) is 16.2. The summed E-state index contributed by atoms with van der Waals surface area (Å²) < 4.78 is 6.47. The van der Waals surface area contributed by atoms with Crippen LogP contribution in [-0.4, -0.2) is 0 Å². The number of halogens is 2. The number of rotatable bonds is 5. The zero-order valence-electron chi connectivity index (χ0n) is 16.7. The summed E-state index contributed by atoms with van der Waals surface area (Å²) in [5.41, 5.74) is 4.85. The minimum atomic E-state index is -2.95. The van der Waals surface area contributed by atoms with E-state index >= 15 is 0 Å². The standard InChI is InChI=1S/C10H15.2C5H5.C3H5.2FH.Zr/c1-7-6-10(4,5)9(3)8(7)2;2*1-2-4-5-3-1;1-3-2;;;/h1-5H3;2*1-3H,4H2;3H,1-2H2;2*1H;. The van der Waals surface area contributed by atoms with E-state index < -0.39 is 20.3 Å². The Kier molecular flexibility index (Phi) is 7.33. The van der Waals surface area contributed by atoms with Gasteiger partial charge in [-0.1, -0.05) is 0 Å².